The third kappa shape index (κ3) is 3.22. The highest BCUT2D eigenvalue weighted by molar-refractivity contribution is 5.41. The first kappa shape index (κ1) is 14.0. The normalized spacial score (nSPS) is 14.8. The van der Waals surface area contributed by atoms with E-state index in [4.69, 9.17) is 5.73 Å². The van der Waals surface area contributed by atoms with Crippen LogP contribution >= 0.6 is 0 Å². The quantitative estimate of drug-likeness (QED) is 0.779. The van der Waals surface area contributed by atoms with E-state index in [2.05, 4.69) is 41.5 Å². The molecule has 1 aromatic rings. The Kier molecular flexibility index (Phi) is 3.58. The highest BCUT2D eigenvalue weighted by Gasteiger charge is 2.26. The summed E-state index contributed by atoms with van der Waals surface area (Å²) in [5.74, 6) is 0.292. The van der Waals surface area contributed by atoms with E-state index in [1.54, 1.807) is 6.07 Å². The van der Waals surface area contributed by atoms with Crippen molar-refractivity contribution in [2.45, 2.75) is 53.0 Å². The van der Waals surface area contributed by atoms with E-state index in [1.807, 2.05) is 12.1 Å². The molecule has 0 amide bonds. The van der Waals surface area contributed by atoms with Gasteiger partial charge < -0.3 is 10.8 Å². The van der Waals surface area contributed by atoms with Crippen LogP contribution in [0.3, 0.4) is 0 Å². The molecule has 0 bridgehead atoms. The maximum Gasteiger partial charge on any atom is 0.120 e. The van der Waals surface area contributed by atoms with Gasteiger partial charge in [-0.05, 0) is 28.5 Å². The number of benzene rings is 1. The van der Waals surface area contributed by atoms with Crippen molar-refractivity contribution < 1.29 is 5.11 Å². The first-order valence-corrected chi connectivity index (χ1v) is 6.12. The van der Waals surface area contributed by atoms with Gasteiger partial charge in [0, 0.05) is 11.6 Å². The Bertz CT molecular complexity index is 396. The second-order valence-corrected chi connectivity index (χ2v) is 6.87. The van der Waals surface area contributed by atoms with E-state index in [0.29, 0.717) is 5.75 Å². The average molecular weight is 235 g/mol. The summed E-state index contributed by atoms with van der Waals surface area (Å²) in [6.07, 6.45) is 0. The van der Waals surface area contributed by atoms with Gasteiger partial charge in [-0.15, -0.1) is 0 Å². The van der Waals surface area contributed by atoms with Gasteiger partial charge in [0.25, 0.3) is 0 Å². The SMILES string of the molecule is CC(C)(C)c1ccc(O)c([C@H](N)C(C)(C)C)c1. The summed E-state index contributed by atoms with van der Waals surface area (Å²) in [6.45, 7) is 12.7. The van der Waals surface area contributed by atoms with Crippen molar-refractivity contribution in [1.29, 1.82) is 0 Å². The van der Waals surface area contributed by atoms with Crippen LogP contribution in [-0.4, -0.2) is 5.11 Å². The van der Waals surface area contributed by atoms with Crippen molar-refractivity contribution in [3.8, 4) is 5.75 Å². The Morgan fingerprint density at radius 3 is 2.00 bits per heavy atom. The molecule has 0 saturated carbocycles. The van der Waals surface area contributed by atoms with Crippen LogP contribution in [-0.2, 0) is 5.41 Å². The van der Waals surface area contributed by atoms with Gasteiger partial charge in [0.05, 0.1) is 0 Å². The smallest absolute Gasteiger partial charge is 0.120 e. The molecule has 2 nitrogen and oxygen atoms in total. The summed E-state index contributed by atoms with van der Waals surface area (Å²) in [5, 5.41) is 9.95. The van der Waals surface area contributed by atoms with Crippen molar-refractivity contribution in [1.82, 2.24) is 0 Å². The second-order valence-electron chi connectivity index (χ2n) is 6.87. The molecule has 17 heavy (non-hydrogen) atoms. The highest BCUT2D eigenvalue weighted by Crippen LogP contribution is 2.37. The van der Waals surface area contributed by atoms with Crippen LogP contribution < -0.4 is 5.73 Å². The van der Waals surface area contributed by atoms with E-state index in [9.17, 15) is 5.11 Å². The lowest BCUT2D eigenvalue weighted by Crippen LogP contribution is -2.26. The zero-order chi connectivity index (χ0) is 13.4. The standard InChI is InChI=1S/C15H25NO/c1-14(2,3)10-7-8-12(17)11(9-10)13(16)15(4,5)6/h7-9,13,17H,16H2,1-6H3/t13-/m0/s1. The number of aromatic hydroxyl groups is 1. The molecule has 0 fully saturated rings. The van der Waals surface area contributed by atoms with Crippen LogP contribution in [0.1, 0.15) is 58.7 Å². The van der Waals surface area contributed by atoms with E-state index in [-0.39, 0.29) is 16.9 Å². The van der Waals surface area contributed by atoms with Gasteiger partial charge in [-0.1, -0.05) is 47.6 Å². The lowest BCUT2D eigenvalue weighted by atomic mass is 9.79. The molecule has 1 aromatic carbocycles. The second kappa shape index (κ2) is 4.34. The van der Waals surface area contributed by atoms with Crippen molar-refractivity contribution >= 4 is 0 Å². The van der Waals surface area contributed by atoms with E-state index in [0.717, 1.165) is 5.56 Å². The molecule has 0 aliphatic rings. The summed E-state index contributed by atoms with van der Waals surface area (Å²) in [6, 6.07) is 5.59. The molecule has 0 unspecified atom stereocenters. The summed E-state index contributed by atoms with van der Waals surface area (Å²) in [5.41, 5.74) is 8.27. The fraction of sp³-hybridized carbons (Fsp3) is 0.600. The fourth-order valence-corrected chi connectivity index (χ4v) is 1.74. The van der Waals surface area contributed by atoms with Crippen molar-refractivity contribution in [3.05, 3.63) is 29.3 Å². The molecule has 0 spiro atoms. The molecule has 1 atom stereocenters. The number of nitrogens with two attached hydrogens (primary N) is 1. The van der Waals surface area contributed by atoms with Crippen molar-refractivity contribution in [2.24, 2.45) is 11.1 Å². The minimum Gasteiger partial charge on any atom is -0.508 e. The number of hydrogen-bond donors (Lipinski definition) is 2. The van der Waals surface area contributed by atoms with Crippen LogP contribution in [0.15, 0.2) is 18.2 Å². The van der Waals surface area contributed by atoms with Gasteiger partial charge >= 0.3 is 0 Å². The Morgan fingerprint density at radius 2 is 1.59 bits per heavy atom. The summed E-state index contributed by atoms with van der Waals surface area (Å²) in [7, 11) is 0. The number of phenols is 1. The molecule has 0 aliphatic heterocycles. The molecule has 0 aliphatic carbocycles. The molecule has 0 saturated heterocycles. The van der Waals surface area contributed by atoms with Gasteiger partial charge in [0.2, 0.25) is 0 Å². The molecular weight excluding hydrogens is 210 g/mol. The zero-order valence-electron chi connectivity index (χ0n) is 11.8. The molecule has 1 rings (SSSR count). The average Bonchev–Trinajstić information content (AvgIpc) is 2.14. The number of rotatable bonds is 1. The van der Waals surface area contributed by atoms with Gasteiger partial charge in [-0.3, -0.25) is 0 Å². The molecule has 2 heteroatoms. The van der Waals surface area contributed by atoms with Crippen molar-refractivity contribution in [3.63, 3.8) is 0 Å². The first-order valence-electron chi connectivity index (χ1n) is 6.12. The van der Waals surface area contributed by atoms with Gasteiger partial charge in [0.15, 0.2) is 0 Å². The van der Waals surface area contributed by atoms with Crippen LogP contribution in [0.2, 0.25) is 0 Å². The van der Waals surface area contributed by atoms with E-state index < -0.39 is 0 Å². The Balaban J connectivity index is 3.25. The Labute approximate surface area is 105 Å². The van der Waals surface area contributed by atoms with Gasteiger partial charge in [-0.2, -0.15) is 0 Å². The van der Waals surface area contributed by atoms with Crippen LogP contribution in [0, 0.1) is 5.41 Å². The third-order valence-corrected chi connectivity index (χ3v) is 3.16. The van der Waals surface area contributed by atoms with Gasteiger partial charge in [0.1, 0.15) is 5.75 Å². The molecule has 0 radical (unpaired) electrons. The number of phenolic OH excluding ortho intramolecular Hbond substituents is 1. The Morgan fingerprint density at radius 1 is 1.06 bits per heavy atom. The fourth-order valence-electron chi connectivity index (χ4n) is 1.74. The maximum absolute atomic E-state index is 9.95. The monoisotopic (exact) mass is 235 g/mol. The van der Waals surface area contributed by atoms with Gasteiger partial charge in [-0.25, -0.2) is 0 Å². The lowest BCUT2D eigenvalue weighted by Gasteiger charge is -2.29. The predicted octanol–water partition coefficient (Wildman–Crippen LogP) is 3.74. The van der Waals surface area contributed by atoms with Crippen LogP contribution in [0.4, 0.5) is 0 Å². The maximum atomic E-state index is 9.95. The molecule has 96 valence electrons. The lowest BCUT2D eigenvalue weighted by molar-refractivity contribution is 0.317. The van der Waals surface area contributed by atoms with E-state index >= 15 is 0 Å². The highest BCUT2D eigenvalue weighted by atomic mass is 16.3. The van der Waals surface area contributed by atoms with Crippen LogP contribution in [0.25, 0.3) is 0 Å². The Hall–Kier alpha value is -1.02. The predicted molar refractivity (Wildman–Crippen MR) is 73.2 cm³/mol. The molecule has 0 aromatic heterocycles. The zero-order valence-corrected chi connectivity index (χ0v) is 11.8. The minimum atomic E-state index is -0.162. The summed E-state index contributed by atoms with van der Waals surface area (Å²) in [4.78, 5) is 0. The molecule has 0 heterocycles. The topological polar surface area (TPSA) is 46.2 Å². The molecular formula is C15H25NO. The summed E-state index contributed by atoms with van der Waals surface area (Å²) < 4.78 is 0. The molecule has 3 N–H and O–H groups in total. The number of hydrogen-bond acceptors (Lipinski definition) is 2. The third-order valence-electron chi connectivity index (χ3n) is 3.16. The largest absolute Gasteiger partial charge is 0.508 e. The van der Waals surface area contributed by atoms with E-state index in [1.165, 1.54) is 5.56 Å². The first-order chi connectivity index (χ1) is 7.53. The summed E-state index contributed by atoms with van der Waals surface area (Å²) >= 11 is 0. The minimum absolute atomic E-state index is 0.0615. The van der Waals surface area contributed by atoms with Crippen LogP contribution in [0.5, 0.6) is 5.75 Å². The van der Waals surface area contributed by atoms with Crippen molar-refractivity contribution in [2.75, 3.05) is 0 Å².